The fourth-order valence-electron chi connectivity index (χ4n) is 3.47. The van der Waals surface area contributed by atoms with Gasteiger partial charge in [-0.1, -0.05) is 60.7 Å². The van der Waals surface area contributed by atoms with Crippen LogP contribution >= 0.6 is 0 Å². The summed E-state index contributed by atoms with van der Waals surface area (Å²) in [6.45, 7) is 1.27. The Morgan fingerprint density at radius 1 is 0.906 bits per heavy atom. The highest BCUT2D eigenvalue weighted by Crippen LogP contribution is 2.22. The molecule has 1 amide bonds. The van der Waals surface area contributed by atoms with Crippen molar-refractivity contribution in [1.82, 2.24) is 10.6 Å². The minimum atomic E-state index is -0.736. The Bertz CT molecular complexity index is 1010. The van der Waals surface area contributed by atoms with Gasteiger partial charge >= 0.3 is 0 Å². The van der Waals surface area contributed by atoms with Crippen molar-refractivity contribution in [1.29, 1.82) is 0 Å². The molecule has 6 nitrogen and oxygen atoms in total. The molecule has 0 spiro atoms. The number of aliphatic hydroxyl groups is 2. The lowest BCUT2D eigenvalue weighted by molar-refractivity contribution is -0.120. The van der Waals surface area contributed by atoms with Crippen LogP contribution in [0.3, 0.4) is 0 Å². The summed E-state index contributed by atoms with van der Waals surface area (Å²) < 4.78 is 0. The SMILES string of the molecule is O=C(Cc1cccc(CCNC[C@@H](O)c2ccc(O)c(CO)c2)c1)NCc1ccccc1. The van der Waals surface area contributed by atoms with Gasteiger partial charge in [0, 0.05) is 18.7 Å². The van der Waals surface area contributed by atoms with Gasteiger partial charge in [-0.15, -0.1) is 0 Å². The highest BCUT2D eigenvalue weighted by Gasteiger charge is 2.10. The van der Waals surface area contributed by atoms with Crippen molar-refractivity contribution in [3.63, 3.8) is 0 Å². The molecule has 3 aromatic carbocycles. The molecule has 0 aliphatic rings. The summed E-state index contributed by atoms with van der Waals surface area (Å²) in [5, 5.41) is 35.4. The molecule has 0 heterocycles. The summed E-state index contributed by atoms with van der Waals surface area (Å²) in [4.78, 5) is 12.3. The standard InChI is InChI=1S/C26H30N2O4/c29-18-23-15-22(9-10-24(23)30)25(31)17-27-12-11-19-7-4-8-21(13-19)14-26(32)28-16-20-5-2-1-3-6-20/h1-10,13,15,25,27,29-31H,11-12,14,16-18H2,(H,28,32)/t25-/m1/s1. The second-order valence-corrected chi connectivity index (χ2v) is 7.78. The van der Waals surface area contributed by atoms with Gasteiger partial charge in [-0.3, -0.25) is 4.79 Å². The van der Waals surface area contributed by atoms with Gasteiger partial charge in [-0.2, -0.15) is 0 Å². The summed E-state index contributed by atoms with van der Waals surface area (Å²) in [7, 11) is 0. The molecule has 0 aliphatic carbocycles. The van der Waals surface area contributed by atoms with Gasteiger partial charge in [-0.05, 0) is 47.4 Å². The van der Waals surface area contributed by atoms with Crippen molar-refractivity contribution in [2.75, 3.05) is 13.1 Å². The highest BCUT2D eigenvalue weighted by molar-refractivity contribution is 5.78. The van der Waals surface area contributed by atoms with E-state index in [2.05, 4.69) is 10.6 Å². The van der Waals surface area contributed by atoms with Crippen LogP contribution in [-0.2, 0) is 30.8 Å². The zero-order valence-corrected chi connectivity index (χ0v) is 18.0. The lowest BCUT2D eigenvalue weighted by atomic mass is 10.0. The van der Waals surface area contributed by atoms with Gasteiger partial charge in [0.2, 0.25) is 5.91 Å². The molecule has 0 saturated carbocycles. The van der Waals surface area contributed by atoms with E-state index in [-0.39, 0.29) is 18.3 Å². The summed E-state index contributed by atoms with van der Waals surface area (Å²) in [5.41, 5.74) is 4.19. The maximum absolute atomic E-state index is 12.3. The smallest absolute Gasteiger partial charge is 0.224 e. The zero-order valence-electron chi connectivity index (χ0n) is 18.0. The van der Waals surface area contributed by atoms with Crippen LogP contribution in [-0.4, -0.2) is 34.3 Å². The highest BCUT2D eigenvalue weighted by atomic mass is 16.3. The van der Waals surface area contributed by atoms with E-state index >= 15 is 0 Å². The van der Waals surface area contributed by atoms with Crippen LogP contribution in [0.4, 0.5) is 0 Å². The van der Waals surface area contributed by atoms with E-state index in [4.69, 9.17) is 0 Å². The number of rotatable bonds is 11. The Hall–Kier alpha value is -3.19. The van der Waals surface area contributed by atoms with Crippen LogP contribution in [0.1, 0.15) is 33.9 Å². The maximum atomic E-state index is 12.3. The molecule has 3 aromatic rings. The van der Waals surface area contributed by atoms with Crippen molar-refractivity contribution >= 4 is 5.91 Å². The molecule has 0 unspecified atom stereocenters. The minimum absolute atomic E-state index is 0.0107. The molecule has 0 aromatic heterocycles. The molecule has 5 N–H and O–H groups in total. The van der Waals surface area contributed by atoms with Crippen LogP contribution in [0.2, 0.25) is 0 Å². The molecule has 0 fully saturated rings. The average Bonchev–Trinajstić information content (AvgIpc) is 2.81. The van der Waals surface area contributed by atoms with Gasteiger partial charge < -0.3 is 26.0 Å². The molecule has 32 heavy (non-hydrogen) atoms. The van der Waals surface area contributed by atoms with Gasteiger partial charge in [0.1, 0.15) is 5.75 Å². The lowest BCUT2D eigenvalue weighted by Gasteiger charge is -2.14. The van der Waals surface area contributed by atoms with Gasteiger partial charge in [0.25, 0.3) is 0 Å². The summed E-state index contributed by atoms with van der Waals surface area (Å²) >= 11 is 0. The second kappa shape index (κ2) is 12.0. The molecular formula is C26H30N2O4. The van der Waals surface area contributed by atoms with Crippen molar-refractivity contribution in [2.45, 2.75) is 32.1 Å². The number of benzene rings is 3. The van der Waals surface area contributed by atoms with Crippen molar-refractivity contribution < 1.29 is 20.1 Å². The number of aromatic hydroxyl groups is 1. The van der Waals surface area contributed by atoms with Crippen LogP contribution in [0.25, 0.3) is 0 Å². The van der Waals surface area contributed by atoms with Gasteiger partial charge in [0.15, 0.2) is 0 Å². The third-order valence-corrected chi connectivity index (χ3v) is 5.28. The number of amides is 1. The van der Waals surface area contributed by atoms with E-state index in [1.807, 2.05) is 54.6 Å². The monoisotopic (exact) mass is 434 g/mol. The lowest BCUT2D eigenvalue weighted by Crippen LogP contribution is -2.25. The first-order valence-electron chi connectivity index (χ1n) is 10.7. The van der Waals surface area contributed by atoms with Gasteiger partial charge in [-0.25, -0.2) is 0 Å². The first kappa shape index (κ1) is 23.5. The molecular weight excluding hydrogens is 404 g/mol. The maximum Gasteiger partial charge on any atom is 0.224 e. The fraction of sp³-hybridized carbons (Fsp3) is 0.269. The van der Waals surface area contributed by atoms with Crippen molar-refractivity contribution in [2.24, 2.45) is 0 Å². The predicted molar refractivity (Wildman–Crippen MR) is 124 cm³/mol. The third-order valence-electron chi connectivity index (χ3n) is 5.28. The van der Waals surface area contributed by atoms with Crippen molar-refractivity contribution in [3.8, 4) is 5.75 Å². The number of aliphatic hydroxyl groups excluding tert-OH is 2. The summed E-state index contributed by atoms with van der Waals surface area (Å²) in [6, 6.07) is 22.5. The number of carbonyl (C=O) groups is 1. The van der Waals surface area contributed by atoms with Crippen LogP contribution in [0.15, 0.2) is 72.8 Å². The Balaban J connectivity index is 1.42. The molecule has 168 valence electrons. The second-order valence-electron chi connectivity index (χ2n) is 7.78. The Morgan fingerprint density at radius 2 is 1.66 bits per heavy atom. The quantitative estimate of drug-likeness (QED) is 0.299. The number of phenols is 1. The van der Waals surface area contributed by atoms with Crippen LogP contribution in [0.5, 0.6) is 5.75 Å². The van der Waals surface area contributed by atoms with Crippen LogP contribution < -0.4 is 10.6 Å². The van der Waals surface area contributed by atoms with Gasteiger partial charge in [0.05, 0.1) is 19.1 Å². The minimum Gasteiger partial charge on any atom is -0.508 e. The topological polar surface area (TPSA) is 102 Å². The largest absolute Gasteiger partial charge is 0.508 e. The number of carbonyl (C=O) groups excluding carboxylic acids is 1. The molecule has 0 radical (unpaired) electrons. The Morgan fingerprint density at radius 3 is 2.44 bits per heavy atom. The average molecular weight is 435 g/mol. The van der Waals surface area contributed by atoms with E-state index < -0.39 is 6.10 Å². The Labute approximate surface area is 188 Å². The predicted octanol–water partition coefficient (Wildman–Crippen LogP) is 2.61. The summed E-state index contributed by atoms with van der Waals surface area (Å²) in [5.74, 6) is 0.00781. The molecule has 6 heteroatoms. The number of nitrogens with one attached hydrogen (secondary N) is 2. The van der Waals surface area contributed by atoms with E-state index in [1.165, 1.54) is 6.07 Å². The zero-order chi connectivity index (χ0) is 22.8. The molecule has 3 rings (SSSR count). The Kier molecular flexibility index (Phi) is 8.80. The fourth-order valence-corrected chi connectivity index (χ4v) is 3.47. The molecule has 1 atom stereocenters. The van der Waals surface area contributed by atoms with E-state index in [1.54, 1.807) is 12.1 Å². The third kappa shape index (κ3) is 7.20. The van der Waals surface area contributed by atoms with E-state index in [9.17, 15) is 20.1 Å². The molecule has 0 saturated heterocycles. The van der Waals surface area contributed by atoms with E-state index in [0.717, 1.165) is 23.1 Å². The normalized spacial score (nSPS) is 11.8. The first-order chi connectivity index (χ1) is 15.5. The molecule has 0 bridgehead atoms. The number of hydrogen-bond acceptors (Lipinski definition) is 5. The number of hydrogen-bond donors (Lipinski definition) is 5. The van der Waals surface area contributed by atoms with Crippen molar-refractivity contribution in [3.05, 3.63) is 101 Å². The summed E-state index contributed by atoms with van der Waals surface area (Å²) in [6.07, 6.45) is 0.366. The first-order valence-corrected chi connectivity index (χ1v) is 10.7. The van der Waals surface area contributed by atoms with E-state index in [0.29, 0.717) is 37.2 Å². The molecule has 0 aliphatic heterocycles. The van der Waals surface area contributed by atoms with Crippen LogP contribution in [0, 0.1) is 0 Å².